The van der Waals surface area contributed by atoms with Crippen LogP contribution >= 0.6 is 0 Å². The minimum Gasteiger partial charge on any atom is -0.462 e. The monoisotopic (exact) mass is 318 g/mol. The number of benzene rings is 1. The van der Waals surface area contributed by atoms with Gasteiger partial charge >= 0.3 is 17.9 Å². The van der Waals surface area contributed by atoms with Gasteiger partial charge in [0.1, 0.15) is 0 Å². The highest BCUT2D eigenvalue weighted by Gasteiger charge is 2.21. The van der Waals surface area contributed by atoms with E-state index in [1.807, 2.05) is 0 Å². The highest BCUT2D eigenvalue weighted by atomic mass is 16.6. The van der Waals surface area contributed by atoms with Crippen LogP contribution < -0.4 is 0 Å². The van der Waals surface area contributed by atoms with E-state index < -0.39 is 17.9 Å². The van der Waals surface area contributed by atoms with E-state index in [4.69, 9.17) is 4.74 Å². The maximum Gasteiger partial charge on any atom is 0.346 e. The topological polar surface area (TPSA) is 69.7 Å². The number of unbranched alkanes of at least 4 members (excludes halogenated alkanes) is 3. The summed E-state index contributed by atoms with van der Waals surface area (Å²) in [4.78, 5) is 35.5. The number of carbonyl (C=O) groups is 3. The van der Waals surface area contributed by atoms with Gasteiger partial charge in [-0.3, -0.25) is 0 Å². The van der Waals surface area contributed by atoms with Crippen LogP contribution in [0.4, 0.5) is 0 Å². The lowest BCUT2D eigenvalue weighted by atomic mass is 10.1. The van der Waals surface area contributed by atoms with E-state index in [2.05, 4.69) is 18.2 Å². The van der Waals surface area contributed by atoms with Crippen molar-refractivity contribution in [2.24, 2.45) is 0 Å². The molecule has 23 heavy (non-hydrogen) atoms. The van der Waals surface area contributed by atoms with Crippen molar-refractivity contribution in [2.75, 3.05) is 6.61 Å². The molecule has 0 spiro atoms. The summed E-state index contributed by atoms with van der Waals surface area (Å²) in [6.45, 7) is 7.24. The first-order valence-electron chi connectivity index (χ1n) is 7.65. The maximum absolute atomic E-state index is 12.1. The number of hydrogen-bond donors (Lipinski definition) is 0. The Bertz CT molecular complexity index is 589. The van der Waals surface area contributed by atoms with Crippen molar-refractivity contribution in [1.82, 2.24) is 0 Å². The third kappa shape index (κ3) is 6.06. The van der Waals surface area contributed by atoms with Gasteiger partial charge < -0.3 is 9.47 Å². The van der Waals surface area contributed by atoms with Crippen LogP contribution in [0.5, 0.6) is 0 Å². The van der Waals surface area contributed by atoms with Crippen molar-refractivity contribution in [1.29, 1.82) is 0 Å². The molecule has 5 heteroatoms. The van der Waals surface area contributed by atoms with Crippen molar-refractivity contribution in [3.05, 3.63) is 47.5 Å². The Balaban J connectivity index is 2.72. The highest BCUT2D eigenvalue weighted by molar-refractivity contribution is 6.07. The van der Waals surface area contributed by atoms with Gasteiger partial charge in [-0.05, 0) is 25.5 Å². The van der Waals surface area contributed by atoms with E-state index in [0.717, 1.165) is 25.7 Å². The number of rotatable bonds is 8. The van der Waals surface area contributed by atoms with Crippen molar-refractivity contribution in [3.8, 4) is 0 Å². The molecule has 1 aromatic carbocycles. The first-order chi connectivity index (χ1) is 11.0. The summed E-state index contributed by atoms with van der Waals surface area (Å²) in [5.41, 5.74) is 0.192. The van der Waals surface area contributed by atoms with Gasteiger partial charge in [0, 0.05) is 5.57 Å². The lowest BCUT2D eigenvalue weighted by Crippen LogP contribution is -2.17. The second-order valence-corrected chi connectivity index (χ2v) is 5.20. The van der Waals surface area contributed by atoms with E-state index in [1.165, 1.54) is 19.1 Å². The van der Waals surface area contributed by atoms with E-state index in [0.29, 0.717) is 6.61 Å². The summed E-state index contributed by atoms with van der Waals surface area (Å²) in [7, 11) is 0. The Hall–Kier alpha value is -2.43. The standard InChI is InChI=1S/C18H22O5/c1-4-5-6-9-12-22-17(20)14-10-7-8-11-15(14)18(21)23-16(19)13(2)3/h7-8,10-11H,2,4-6,9,12H2,1,3H3. The van der Waals surface area contributed by atoms with Crippen LogP contribution in [0.1, 0.15) is 60.2 Å². The van der Waals surface area contributed by atoms with Gasteiger partial charge in [0.25, 0.3) is 0 Å². The zero-order valence-corrected chi connectivity index (χ0v) is 13.6. The van der Waals surface area contributed by atoms with E-state index in [1.54, 1.807) is 12.1 Å². The SMILES string of the molecule is C=C(C)C(=O)OC(=O)c1ccccc1C(=O)OCCCCCC. The van der Waals surface area contributed by atoms with Crippen LogP contribution in [0, 0.1) is 0 Å². The summed E-state index contributed by atoms with van der Waals surface area (Å²) in [5.74, 6) is -2.31. The van der Waals surface area contributed by atoms with Crippen molar-refractivity contribution in [3.63, 3.8) is 0 Å². The van der Waals surface area contributed by atoms with Gasteiger partial charge in [0.05, 0.1) is 17.7 Å². The molecule has 1 aromatic rings. The molecule has 0 atom stereocenters. The molecule has 0 N–H and O–H groups in total. The lowest BCUT2D eigenvalue weighted by molar-refractivity contribution is -0.133. The summed E-state index contributed by atoms with van der Waals surface area (Å²) in [5, 5.41) is 0. The van der Waals surface area contributed by atoms with E-state index in [9.17, 15) is 14.4 Å². The molecule has 0 aliphatic rings. The van der Waals surface area contributed by atoms with Crippen LogP contribution in [0.2, 0.25) is 0 Å². The smallest absolute Gasteiger partial charge is 0.346 e. The average Bonchev–Trinajstić information content (AvgIpc) is 2.54. The zero-order chi connectivity index (χ0) is 17.2. The van der Waals surface area contributed by atoms with E-state index >= 15 is 0 Å². The van der Waals surface area contributed by atoms with Crippen LogP contribution in [0.3, 0.4) is 0 Å². The third-order valence-electron chi connectivity index (χ3n) is 3.13. The molecular formula is C18H22O5. The minimum atomic E-state index is -0.892. The molecule has 0 amide bonds. The molecule has 0 heterocycles. The van der Waals surface area contributed by atoms with Crippen LogP contribution in [-0.2, 0) is 14.3 Å². The summed E-state index contributed by atoms with van der Waals surface area (Å²) >= 11 is 0. The Morgan fingerprint density at radius 3 is 2.17 bits per heavy atom. The van der Waals surface area contributed by atoms with Crippen molar-refractivity contribution < 1.29 is 23.9 Å². The number of ether oxygens (including phenoxy) is 2. The fourth-order valence-corrected chi connectivity index (χ4v) is 1.84. The Morgan fingerprint density at radius 1 is 1.00 bits per heavy atom. The largest absolute Gasteiger partial charge is 0.462 e. The fraction of sp³-hybridized carbons (Fsp3) is 0.389. The quantitative estimate of drug-likeness (QED) is 0.316. The molecule has 0 unspecified atom stereocenters. The lowest BCUT2D eigenvalue weighted by Gasteiger charge is -2.09. The van der Waals surface area contributed by atoms with Crippen LogP contribution in [0.15, 0.2) is 36.4 Å². The van der Waals surface area contributed by atoms with Crippen LogP contribution in [0.25, 0.3) is 0 Å². The molecule has 0 aromatic heterocycles. The molecule has 0 aliphatic heterocycles. The van der Waals surface area contributed by atoms with Gasteiger partial charge in [0.2, 0.25) is 0 Å². The predicted molar refractivity (Wildman–Crippen MR) is 86.1 cm³/mol. The molecule has 0 saturated carbocycles. The van der Waals surface area contributed by atoms with E-state index in [-0.39, 0.29) is 16.7 Å². The molecule has 0 saturated heterocycles. The predicted octanol–water partition coefficient (Wildman–Crippen LogP) is 3.68. The number of hydrogen-bond acceptors (Lipinski definition) is 5. The van der Waals surface area contributed by atoms with Gasteiger partial charge in [0.15, 0.2) is 0 Å². The number of carbonyl (C=O) groups excluding carboxylic acids is 3. The Kier molecular flexibility index (Phi) is 7.74. The summed E-state index contributed by atoms with van der Waals surface area (Å²) in [6, 6.07) is 6.09. The van der Waals surface area contributed by atoms with Gasteiger partial charge in [-0.1, -0.05) is 44.9 Å². The number of esters is 3. The van der Waals surface area contributed by atoms with Gasteiger partial charge in [-0.2, -0.15) is 0 Å². The summed E-state index contributed by atoms with van der Waals surface area (Å²) in [6.07, 6.45) is 3.95. The van der Waals surface area contributed by atoms with Crippen LogP contribution in [-0.4, -0.2) is 24.5 Å². The molecule has 124 valence electrons. The normalized spacial score (nSPS) is 10.0. The molecule has 0 radical (unpaired) electrons. The van der Waals surface area contributed by atoms with Gasteiger partial charge in [-0.25, -0.2) is 14.4 Å². The zero-order valence-electron chi connectivity index (χ0n) is 13.6. The third-order valence-corrected chi connectivity index (χ3v) is 3.13. The second-order valence-electron chi connectivity index (χ2n) is 5.20. The van der Waals surface area contributed by atoms with Crippen molar-refractivity contribution in [2.45, 2.75) is 39.5 Å². The van der Waals surface area contributed by atoms with Gasteiger partial charge in [-0.15, -0.1) is 0 Å². The second kappa shape index (κ2) is 9.56. The molecule has 5 nitrogen and oxygen atoms in total. The molecule has 1 rings (SSSR count). The first kappa shape index (κ1) is 18.6. The molecular weight excluding hydrogens is 296 g/mol. The molecule has 0 aliphatic carbocycles. The first-order valence-corrected chi connectivity index (χ1v) is 7.65. The molecule has 0 fully saturated rings. The van der Waals surface area contributed by atoms with Crippen molar-refractivity contribution >= 4 is 17.9 Å². The molecule has 0 bridgehead atoms. The maximum atomic E-state index is 12.1. The fourth-order valence-electron chi connectivity index (χ4n) is 1.84. The highest BCUT2D eigenvalue weighted by Crippen LogP contribution is 2.13. The summed E-state index contributed by atoms with van der Waals surface area (Å²) < 4.78 is 9.83. The Morgan fingerprint density at radius 2 is 1.61 bits per heavy atom. The average molecular weight is 318 g/mol. The Labute approximate surface area is 136 Å². The minimum absolute atomic E-state index is 0.000609.